The zero-order chi connectivity index (χ0) is 21.0. The summed E-state index contributed by atoms with van der Waals surface area (Å²) in [6.07, 6.45) is -2.32. The number of hydrogen-bond donors (Lipinski definition) is 2. The van der Waals surface area contributed by atoms with Gasteiger partial charge >= 0.3 is 6.18 Å². The number of nitrogens with one attached hydrogen (secondary N) is 2. The second-order valence-corrected chi connectivity index (χ2v) is 7.49. The lowest BCUT2D eigenvalue weighted by Crippen LogP contribution is -2.30. The molecule has 3 rings (SSSR count). The fraction of sp³-hybridized carbons (Fsp3) is 0.474. The van der Waals surface area contributed by atoms with Crippen LogP contribution >= 0.6 is 23.8 Å². The van der Waals surface area contributed by atoms with Crippen molar-refractivity contribution >= 4 is 34.6 Å². The number of aromatic nitrogens is 2. The van der Waals surface area contributed by atoms with Crippen LogP contribution in [0.5, 0.6) is 5.75 Å². The van der Waals surface area contributed by atoms with Gasteiger partial charge in [-0.05, 0) is 50.5 Å². The molecular formula is C19H22ClF3N4OS. The molecule has 1 aromatic carbocycles. The Labute approximate surface area is 177 Å². The number of ether oxygens (including phenoxy) is 1. The van der Waals surface area contributed by atoms with E-state index in [0.717, 1.165) is 18.5 Å². The van der Waals surface area contributed by atoms with E-state index in [1.807, 2.05) is 31.2 Å². The average molecular weight is 447 g/mol. The number of benzene rings is 1. The molecule has 1 fully saturated rings. The normalized spacial score (nSPS) is 14.0. The van der Waals surface area contributed by atoms with Crippen LogP contribution < -0.4 is 15.4 Å². The summed E-state index contributed by atoms with van der Waals surface area (Å²) in [6.45, 7) is 3.24. The highest BCUT2D eigenvalue weighted by Crippen LogP contribution is 2.46. The van der Waals surface area contributed by atoms with E-state index in [1.165, 1.54) is 4.68 Å². The number of alkyl halides is 3. The number of thiocarbonyl (C=S) groups is 1. The number of rotatable bonds is 8. The van der Waals surface area contributed by atoms with Crippen LogP contribution in [0.3, 0.4) is 0 Å². The van der Waals surface area contributed by atoms with E-state index in [4.69, 9.17) is 28.6 Å². The molecule has 1 aliphatic carbocycles. The van der Waals surface area contributed by atoms with Crippen LogP contribution in [0.2, 0.25) is 5.02 Å². The van der Waals surface area contributed by atoms with E-state index in [1.54, 1.807) is 0 Å². The summed E-state index contributed by atoms with van der Waals surface area (Å²) in [5.41, 5.74) is 0.237. The van der Waals surface area contributed by atoms with Crippen molar-refractivity contribution in [1.29, 1.82) is 0 Å². The van der Waals surface area contributed by atoms with Crippen LogP contribution in [0.4, 0.5) is 18.9 Å². The lowest BCUT2D eigenvalue weighted by atomic mass is 10.2. The van der Waals surface area contributed by atoms with Crippen molar-refractivity contribution < 1.29 is 17.9 Å². The smallest absolute Gasteiger partial charge is 0.436 e. The molecule has 0 saturated heterocycles. The van der Waals surface area contributed by atoms with Gasteiger partial charge in [0.2, 0.25) is 0 Å². The summed E-state index contributed by atoms with van der Waals surface area (Å²) in [6, 6.07) is 7.43. The van der Waals surface area contributed by atoms with E-state index < -0.39 is 11.9 Å². The molecular weight excluding hydrogens is 425 g/mol. The number of para-hydroxylation sites is 2. The first-order chi connectivity index (χ1) is 13.8. The molecule has 10 heteroatoms. The first-order valence-corrected chi connectivity index (χ1v) is 10.2. The van der Waals surface area contributed by atoms with Crippen molar-refractivity contribution in [1.82, 2.24) is 15.1 Å². The first kappa shape index (κ1) is 21.7. The quantitative estimate of drug-likeness (QED) is 0.430. The molecule has 29 heavy (non-hydrogen) atoms. The summed E-state index contributed by atoms with van der Waals surface area (Å²) >= 11 is 11.3. The van der Waals surface area contributed by atoms with Crippen LogP contribution in [0.15, 0.2) is 24.3 Å². The highest BCUT2D eigenvalue weighted by molar-refractivity contribution is 7.80. The zero-order valence-electron chi connectivity index (χ0n) is 15.9. The minimum absolute atomic E-state index is 0.0665. The Bertz CT molecular complexity index is 868. The van der Waals surface area contributed by atoms with E-state index in [0.29, 0.717) is 42.7 Å². The molecule has 2 aromatic rings. The van der Waals surface area contributed by atoms with Crippen LogP contribution in [0.25, 0.3) is 0 Å². The Morgan fingerprint density at radius 1 is 1.34 bits per heavy atom. The van der Waals surface area contributed by atoms with Gasteiger partial charge in [-0.15, -0.1) is 0 Å². The summed E-state index contributed by atoms with van der Waals surface area (Å²) in [5, 5.41) is 10.00. The van der Waals surface area contributed by atoms with E-state index in [2.05, 4.69) is 15.7 Å². The number of anilines is 1. The maximum absolute atomic E-state index is 13.1. The molecule has 1 saturated carbocycles. The van der Waals surface area contributed by atoms with Crippen LogP contribution in [0, 0.1) is 0 Å². The molecule has 0 spiro atoms. The van der Waals surface area contributed by atoms with Crippen molar-refractivity contribution in [2.45, 2.75) is 44.8 Å². The molecule has 1 heterocycles. The molecule has 0 atom stereocenters. The zero-order valence-corrected chi connectivity index (χ0v) is 17.4. The van der Waals surface area contributed by atoms with E-state index in [-0.39, 0.29) is 10.9 Å². The van der Waals surface area contributed by atoms with Crippen LogP contribution in [0.1, 0.15) is 43.5 Å². The Balaban J connectivity index is 1.54. The van der Waals surface area contributed by atoms with Gasteiger partial charge in [-0.2, -0.15) is 18.3 Å². The molecule has 1 aromatic heterocycles. The maximum Gasteiger partial charge on any atom is 0.436 e. The first-order valence-electron chi connectivity index (χ1n) is 9.41. The van der Waals surface area contributed by atoms with Gasteiger partial charge in [-0.25, -0.2) is 0 Å². The topological polar surface area (TPSA) is 51.1 Å². The molecule has 1 aliphatic rings. The Hall–Kier alpha value is -2.00. The third-order valence-electron chi connectivity index (χ3n) is 4.43. The van der Waals surface area contributed by atoms with E-state index in [9.17, 15) is 13.2 Å². The van der Waals surface area contributed by atoms with Crippen molar-refractivity contribution in [3.8, 4) is 5.75 Å². The summed E-state index contributed by atoms with van der Waals surface area (Å²) in [4.78, 5) is 0. The Kier molecular flexibility index (Phi) is 6.89. The Morgan fingerprint density at radius 3 is 2.72 bits per heavy atom. The molecule has 0 aliphatic heterocycles. The van der Waals surface area contributed by atoms with Gasteiger partial charge in [0.15, 0.2) is 10.8 Å². The van der Waals surface area contributed by atoms with Gasteiger partial charge in [-0.1, -0.05) is 23.7 Å². The number of hydrogen-bond acceptors (Lipinski definition) is 3. The average Bonchev–Trinajstić information content (AvgIpc) is 3.43. The lowest BCUT2D eigenvalue weighted by Gasteiger charge is -2.14. The van der Waals surface area contributed by atoms with Crippen molar-refractivity contribution in [2.24, 2.45) is 0 Å². The minimum atomic E-state index is -4.55. The maximum atomic E-state index is 13.1. The van der Waals surface area contributed by atoms with Gasteiger partial charge in [-0.3, -0.25) is 4.68 Å². The molecule has 5 nitrogen and oxygen atoms in total. The number of halogens is 4. The fourth-order valence-corrected chi connectivity index (χ4v) is 3.61. The van der Waals surface area contributed by atoms with Crippen molar-refractivity contribution in [3.63, 3.8) is 0 Å². The Morgan fingerprint density at radius 2 is 2.07 bits per heavy atom. The van der Waals surface area contributed by atoms with Gasteiger partial charge < -0.3 is 15.4 Å². The largest absolute Gasteiger partial charge is 0.492 e. The third-order valence-corrected chi connectivity index (χ3v) is 5.05. The SMILES string of the molecule is CCOc1ccccc1NC(=S)NCCCn1nc(C(F)(F)F)c(Cl)c1C1CC1. The van der Waals surface area contributed by atoms with Crippen LogP contribution in [-0.4, -0.2) is 28.0 Å². The summed E-state index contributed by atoms with van der Waals surface area (Å²) < 4.78 is 46.3. The second kappa shape index (κ2) is 9.21. The third kappa shape index (κ3) is 5.54. The van der Waals surface area contributed by atoms with Crippen LogP contribution in [-0.2, 0) is 12.7 Å². The number of nitrogens with zero attached hydrogens (tertiary/aromatic N) is 2. The summed E-state index contributed by atoms with van der Waals surface area (Å²) in [5.74, 6) is 0.760. The molecule has 0 unspecified atom stereocenters. The van der Waals surface area contributed by atoms with Crippen molar-refractivity contribution in [3.05, 3.63) is 40.7 Å². The standard InChI is InChI=1S/C19H22ClF3N4OS/c1-2-28-14-7-4-3-6-13(14)25-18(29)24-10-5-11-27-16(12-8-9-12)15(20)17(26-27)19(21,22)23/h3-4,6-7,12H,2,5,8-11H2,1H3,(H2,24,25,29). The molecule has 2 N–H and O–H groups in total. The molecule has 0 amide bonds. The van der Waals surface area contributed by atoms with E-state index >= 15 is 0 Å². The van der Waals surface area contributed by atoms with Gasteiger partial charge in [0.25, 0.3) is 0 Å². The fourth-order valence-electron chi connectivity index (χ4n) is 3.00. The monoisotopic (exact) mass is 446 g/mol. The van der Waals surface area contributed by atoms with Gasteiger partial charge in [0, 0.05) is 19.0 Å². The number of aryl methyl sites for hydroxylation is 1. The predicted octanol–water partition coefficient (Wildman–Crippen LogP) is 5.21. The second-order valence-electron chi connectivity index (χ2n) is 6.71. The summed E-state index contributed by atoms with van der Waals surface area (Å²) in [7, 11) is 0. The molecule has 158 valence electrons. The molecule has 0 bridgehead atoms. The highest BCUT2D eigenvalue weighted by atomic mass is 35.5. The lowest BCUT2D eigenvalue weighted by molar-refractivity contribution is -0.141. The highest BCUT2D eigenvalue weighted by Gasteiger charge is 2.41. The van der Waals surface area contributed by atoms with Gasteiger partial charge in [0.1, 0.15) is 5.75 Å². The van der Waals surface area contributed by atoms with Crippen molar-refractivity contribution in [2.75, 3.05) is 18.5 Å². The van der Waals surface area contributed by atoms with Gasteiger partial charge in [0.05, 0.1) is 23.0 Å². The molecule has 0 radical (unpaired) electrons. The minimum Gasteiger partial charge on any atom is -0.492 e. The predicted molar refractivity (Wildman–Crippen MR) is 111 cm³/mol.